The molecule has 1 rings (SSSR count). The van der Waals surface area contributed by atoms with Crippen LogP contribution in [-0.4, -0.2) is 43.4 Å². The molecule has 0 amide bonds. The third-order valence-corrected chi connectivity index (χ3v) is 2.07. The number of aliphatic carboxylic acids is 1. The first-order valence-electron chi connectivity index (χ1n) is 4.87. The van der Waals surface area contributed by atoms with Crippen LogP contribution in [0.5, 0.6) is 0 Å². The number of hydrogen-bond donors (Lipinski definition) is 2. The summed E-state index contributed by atoms with van der Waals surface area (Å²) in [6.45, 7) is 1.82. The standard InChI is InChI=1S/C7H13NO2.C2HF3O2/c1-10-7(9)6-3-2-4-8-5-6;3-2(4,5)1(6)7/h6,8H,2-5H2,1H3;(H,6,7). The SMILES string of the molecule is COC(=O)C1CCCNC1.O=C(O)C(F)(F)F. The summed E-state index contributed by atoms with van der Waals surface area (Å²) in [5.74, 6) is -2.74. The van der Waals surface area contributed by atoms with Crippen molar-refractivity contribution in [3.05, 3.63) is 0 Å². The lowest BCUT2D eigenvalue weighted by molar-refractivity contribution is -0.192. The van der Waals surface area contributed by atoms with Gasteiger partial charge in [-0.25, -0.2) is 4.79 Å². The molecule has 2 N–H and O–H groups in total. The van der Waals surface area contributed by atoms with E-state index in [9.17, 15) is 18.0 Å². The predicted molar refractivity (Wildman–Crippen MR) is 51.3 cm³/mol. The van der Waals surface area contributed by atoms with Crippen molar-refractivity contribution in [1.29, 1.82) is 0 Å². The average molecular weight is 257 g/mol. The fraction of sp³-hybridized carbons (Fsp3) is 0.778. The van der Waals surface area contributed by atoms with E-state index in [1.165, 1.54) is 7.11 Å². The molecule has 8 heteroatoms. The van der Waals surface area contributed by atoms with Gasteiger partial charge in [-0.1, -0.05) is 0 Å². The highest BCUT2D eigenvalue weighted by Crippen LogP contribution is 2.13. The second kappa shape index (κ2) is 7.10. The molecule has 0 saturated carbocycles. The number of carboxylic acids is 1. The monoisotopic (exact) mass is 257 g/mol. The van der Waals surface area contributed by atoms with Crippen LogP contribution in [0.1, 0.15) is 12.8 Å². The fourth-order valence-electron chi connectivity index (χ4n) is 1.22. The van der Waals surface area contributed by atoms with Gasteiger partial charge in [-0.05, 0) is 19.4 Å². The van der Waals surface area contributed by atoms with E-state index in [1.54, 1.807) is 0 Å². The molecular formula is C9H14F3NO4. The average Bonchev–Trinajstić information content (AvgIpc) is 2.28. The zero-order valence-corrected chi connectivity index (χ0v) is 9.21. The number of ether oxygens (including phenoxy) is 1. The molecule has 0 aromatic rings. The Labute approximate surface area is 95.9 Å². The predicted octanol–water partition coefficient (Wildman–Crippen LogP) is 0.792. The summed E-state index contributed by atoms with van der Waals surface area (Å²) in [6.07, 6.45) is -3.03. The van der Waals surface area contributed by atoms with Crippen LogP contribution in [0, 0.1) is 5.92 Å². The second-order valence-electron chi connectivity index (χ2n) is 3.37. The van der Waals surface area contributed by atoms with Crippen molar-refractivity contribution in [2.24, 2.45) is 5.92 Å². The first-order chi connectivity index (χ1) is 7.79. The fourth-order valence-corrected chi connectivity index (χ4v) is 1.22. The molecule has 1 heterocycles. The van der Waals surface area contributed by atoms with Crippen LogP contribution in [-0.2, 0) is 14.3 Å². The molecule has 0 spiro atoms. The molecule has 0 radical (unpaired) electrons. The Kier molecular flexibility index (Phi) is 6.55. The Morgan fingerprint density at radius 3 is 2.24 bits per heavy atom. The van der Waals surface area contributed by atoms with Crippen LogP contribution in [0.25, 0.3) is 0 Å². The molecule has 0 aromatic carbocycles. The van der Waals surface area contributed by atoms with E-state index >= 15 is 0 Å². The normalized spacial score (nSPS) is 19.9. The number of hydrogen-bond acceptors (Lipinski definition) is 4. The number of carboxylic acid groups (broad SMARTS) is 1. The van der Waals surface area contributed by atoms with E-state index in [-0.39, 0.29) is 11.9 Å². The van der Waals surface area contributed by atoms with Gasteiger partial charge in [0, 0.05) is 6.54 Å². The van der Waals surface area contributed by atoms with Crippen molar-refractivity contribution in [2.45, 2.75) is 19.0 Å². The lowest BCUT2D eigenvalue weighted by Gasteiger charge is -2.19. The van der Waals surface area contributed by atoms with Crippen LogP contribution in [0.2, 0.25) is 0 Å². The van der Waals surface area contributed by atoms with E-state index in [0.29, 0.717) is 0 Å². The van der Waals surface area contributed by atoms with Crippen molar-refractivity contribution in [1.82, 2.24) is 5.32 Å². The number of carbonyl (C=O) groups excluding carboxylic acids is 1. The zero-order valence-electron chi connectivity index (χ0n) is 9.21. The summed E-state index contributed by atoms with van der Waals surface area (Å²) in [5, 5.41) is 10.3. The number of piperidine rings is 1. The Balaban J connectivity index is 0.000000325. The van der Waals surface area contributed by atoms with Gasteiger partial charge in [-0.3, -0.25) is 4.79 Å². The largest absolute Gasteiger partial charge is 0.490 e. The topological polar surface area (TPSA) is 75.6 Å². The molecule has 1 aliphatic heterocycles. The number of nitrogens with one attached hydrogen (secondary N) is 1. The lowest BCUT2D eigenvalue weighted by atomic mass is 10.0. The maximum atomic E-state index is 10.9. The van der Waals surface area contributed by atoms with Crippen LogP contribution in [0.15, 0.2) is 0 Å². The highest BCUT2D eigenvalue weighted by Gasteiger charge is 2.38. The first-order valence-corrected chi connectivity index (χ1v) is 4.87. The molecular weight excluding hydrogens is 243 g/mol. The Hall–Kier alpha value is -1.31. The Bertz CT molecular complexity index is 261. The quantitative estimate of drug-likeness (QED) is 0.679. The van der Waals surface area contributed by atoms with Gasteiger partial charge in [0.1, 0.15) is 0 Å². The number of halogens is 3. The Morgan fingerprint density at radius 2 is 1.94 bits per heavy atom. The zero-order chi connectivity index (χ0) is 13.5. The minimum atomic E-state index is -5.08. The third-order valence-electron chi connectivity index (χ3n) is 2.07. The van der Waals surface area contributed by atoms with Gasteiger partial charge in [-0.15, -0.1) is 0 Å². The number of methoxy groups -OCH3 is 1. The van der Waals surface area contributed by atoms with Gasteiger partial charge in [-0.2, -0.15) is 13.2 Å². The molecule has 1 fully saturated rings. The molecule has 0 bridgehead atoms. The van der Waals surface area contributed by atoms with Crippen molar-refractivity contribution in [3.8, 4) is 0 Å². The molecule has 0 aliphatic carbocycles. The summed E-state index contributed by atoms with van der Waals surface area (Å²) in [7, 11) is 1.44. The molecule has 100 valence electrons. The maximum absolute atomic E-state index is 10.9. The van der Waals surface area contributed by atoms with Gasteiger partial charge >= 0.3 is 18.1 Å². The van der Waals surface area contributed by atoms with Gasteiger partial charge in [0.15, 0.2) is 0 Å². The van der Waals surface area contributed by atoms with Crippen molar-refractivity contribution >= 4 is 11.9 Å². The summed E-state index contributed by atoms with van der Waals surface area (Å²) >= 11 is 0. The molecule has 1 atom stereocenters. The third kappa shape index (κ3) is 6.77. The van der Waals surface area contributed by atoms with Crippen LogP contribution in [0.4, 0.5) is 13.2 Å². The van der Waals surface area contributed by atoms with E-state index in [1.807, 2.05) is 0 Å². The number of alkyl halides is 3. The highest BCUT2D eigenvalue weighted by molar-refractivity contribution is 5.73. The van der Waals surface area contributed by atoms with Crippen molar-refractivity contribution in [3.63, 3.8) is 0 Å². The molecule has 17 heavy (non-hydrogen) atoms. The van der Waals surface area contributed by atoms with Crippen LogP contribution >= 0.6 is 0 Å². The van der Waals surface area contributed by atoms with E-state index in [2.05, 4.69) is 10.1 Å². The van der Waals surface area contributed by atoms with Gasteiger partial charge in [0.05, 0.1) is 13.0 Å². The summed E-state index contributed by atoms with van der Waals surface area (Å²) in [4.78, 5) is 19.8. The second-order valence-corrected chi connectivity index (χ2v) is 3.37. The highest BCUT2D eigenvalue weighted by atomic mass is 19.4. The van der Waals surface area contributed by atoms with Crippen molar-refractivity contribution < 1.29 is 32.6 Å². The lowest BCUT2D eigenvalue weighted by Crippen LogP contribution is -2.34. The van der Waals surface area contributed by atoms with Crippen molar-refractivity contribution in [2.75, 3.05) is 20.2 Å². The number of carbonyl (C=O) groups is 2. The Morgan fingerprint density at radius 1 is 1.41 bits per heavy atom. The molecule has 5 nitrogen and oxygen atoms in total. The van der Waals surface area contributed by atoms with Crippen LogP contribution in [0.3, 0.4) is 0 Å². The molecule has 0 aromatic heterocycles. The molecule has 1 unspecified atom stereocenters. The van der Waals surface area contributed by atoms with E-state index in [4.69, 9.17) is 9.90 Å². The number of rotatable bonds is 1. The minimum Gasteiger partial charge on any atom is -0.475 e. The summed E-state index contributed by atoms with van der Waals surface area (Å²) in [5.41, 5.74) is 0. The smallest absolute Gasteiger partial charge is 0.475 e. The minimum absolute atomic E-state index is 0.0767. The van der Waals surface area contributed by atoms with Crippen LogP contribution < -0.4 is 5.32 Å². The van der Waals surface area contributed by atoms with Gasteiger partial charge in [0.25, 0.3) is 0 Å². The summed E-state index contributed by atoms with van der Waals surface area (Å²) < 4.78 is 36.3. The molecule has 1 saturated heterocycles. The summed E-state index contributed by atoms with van der Waals surface area (Å²) in [6, 6.07) is 0. The van der Waals surface area contributed by atoms with E-state index < -0.39 is 12.1 Å². The molecule has 1 aliphatic rings. The van der Waals surface area contributed by atoms with Gasteiger partial charge in [0.2, 0.25) is 0 Å². The first kappa shape index (κ1) is 15.7. The maximum Gasteiger partial charge on any atom is 0.490 e. The number of esters is 1. The van der Waals surface area contributed by atoms with Gasteiger partial charge < -0.3 is 15.2 Å². The van der Waals surface area contributed by atoms with E-state index in [0.717, 1.165) is 25.9 Å².